The molecular weight excluding hydrogens is 429 g/mol. The Morgan fingerprint density at radius 2 is 2.08 bits per heavy atom. The molecule has 1 aromatic heterocycles. The van der Waals surface area contributed by atoms with Crippen LogP contribution in [0.2, 0.25) is 0 Å². The van der Waals surface area contributed by atoms with Gasteiger partial charge in [-0.3, -0.25) is 9.89 Å². The van der Waals surface area contributed by atoms with Crippen molar-refractivity contribution in [2.75, 3.05) is 26.7 Å². The van der Waals surface area contributed by atoms with Crippen molar-refractivity contribution in [3.63, 3.8) is 0 Å². The molecule has 1 aromatic rings. The van der Waals surface area contributed by atoms with E-state index in [1.807, 2.05) is 7.05 Å². The van der Waals surface area contributed by atoms with Gasteiger partial charge in [-0.1, -0.05) is 13.3 Å². The van der Waals surface area contributed by atoms with Gasteiger partial charge in [-0.25, -0.2) is 0 Å². The quantitative estimate of drug-likeness (QED) is 0.384. The molecule has 0 aliphatic carbocycles. The maximum atomic E-state index is 4.32. The first-order valence-corrected chi connectivity index (χ1v) is 9.41. The van der Waals surface area contributed by atoms with E-state index in [9.17, 15) is 0 Å². The molecule has 0 amide bonds. The van der Waals surface area contributed by atoms with Gasteiger partial charge in [0.15, 0.2) is 11.8 Å². The fourth-order valence-electron chi connectivity index (χ4n) is 3.86. The summed E-state index contributed by atoms with van der Waals surface area (Å²) in [5.41, 5.74) is 0. The molecule has 1 fully saturated rings. The Morgan fingerprint density at radius 3 is 2.88 bits per heavy atom. The summed E-state index contributed by atoms with van der Waals surface area (Å²) in [6, 6.07) is 0.758. The molecular formula is C17H32IN7. The second kappa shape index (κ2) is 10.3. The molecule has 25 heavy (non-hydrogen) atoms. The lowest BCUT2D eigenvalue weighted by atomic mass is 10.0. The zero-order valence-electron chi connectivity index (χ0n) is 15.5. The number of aromatic nitrogens is 3. The van der Waals surface area contributed by atoms with Crippen LogP contribution in [0.4, 0.5) is 0 Å². The number of rotatable bonds is 6. The van der Waals surface area contributed by atoms with Crippen LogP contribution in [-0.4, -0.2) is 58.3 Å². The predicted molar refractivity (Wildman–Crippen MR) is 111 cm³/mol. The van der Waals surface area contributed by atoms with Crippen LogP contribution in [0.3, 0.4) is 0 Å². The summed E-state index contributed by atoms with van der Waals surface area (Å²) in [7, 11) is 1.82. The summed E-state index contributed by atoms with van der Waals surface area (Å²) in [5, 5.41) is 15.3. The van der Waals surface area contributed by atoms with E-state index in [4.69, 9.17) is 0 Å². The summed E-state index contributed by atoms with van der Waals surface area (Å²) < 4.78 is 2.22. The zero-order chi connectivity index (χ0) is 16.8. The second-order valence-corrected chi connectivity index (χ2v) is 6.73. The Balaban J connectivity index is 0.00000225. The summed E-state index contributed by atoms with van der Waals surface area (Å²) in [6.07, 6.45) is 7.55. The van der Waals surface area contributed by atoms with Crippen molar-refractivity contribution < 1.29 is 0 Å². The van der Waals surface area contributed by atoms with E-state index in [-0.39, 0.29) is 24.0 Å². The summed E-state index contributed by atoms with van der Waals surface area (Å²) in [4.78, 5) is 6.94. The van der Waals surface area contributed by atoms with Crippen LogP contribution in [0.5, 0.6) is 0 Å². The van der Waals surface area contributed by atoms with Crippen molar-refractivity contribution >= 4 is 29.9 Å². The molecule has 3 rings (SSSR count). The number of fused-ring (bicyclic) bond motifs is 1. The third-order valence-electron chi connectivity index (χ3n) is 5.24. The molecule has 3 heterocycles. The number of halogens is 1. The Morgan fingerprint density at radius 1 is 1.20 bits per heavy atom. The molecule has 0 spiro atoms. The number of hydrogen-bond acceptors (Lipinski definition) is 4. The summed E-state index contributed by atoms with van der Waals surface area (Å²) >= 11 is 0. The van der Waals surface area contributed by atoms with Crippen LogP contribution in [0.25, 0.3) is 0 Å². The molecule has 2 aliphatic heterocycles. The summed E-state index contributed by atoms with van der Waals surface area (Å²) in [5.74, 6) is 2.97. The fraction of sp³-hybridized carbons (Fsp3) is 0.824. The van der Waals surface area contributed by atoms with Gasteiger partial charge in [-0.15, -0.1) is 34.2 Å². The lowest BCUT2D eigenvalue weighted by molar-refractivity contribution is 0.147. The van der Waals surface area contributed by atoms with Gasteiger partial charge in [0.2, 0.25) is 0 Å². The number of piperidine rings is 1. The van der Waals surface area contributed by atoms with E-state index in [1.54, 1.807) is 0 Å². The van der Waals surface area contributed by atoms with Crippen molar-refractivity contribution in [3.8, 4) is 0 Å². The molecule has 2 N–H and O–H groups in total. The molecule has 0 aromatic carbocycles. The Kier molecular flexibility index (Phi) is 8.41. The van der Waals surface area contributed by atoms with Gasteiger partial charge in [-0.05, 0) is 32.2 Å². The minimum atomic E-state index is 0. The van der Waals surface area contributed by atoms with Crippen molar-refractivity contribution in [1.82, 2.24) is 30.3 Å². The second-order valence-electron chi connectivity index (χ2n) is 6.73. The van der Waals surface area contributed by atoms with Gasteiger partial charge in [0.25, 0.3) is 0 Å². The van der Waals surface area contributed by atoms with Crippen LogP contribution in [0.15, 0.2) is 4.99 Å². The SMILES string of the molecule is CCC1CCCCN1CCNC(=NC)NCc1nnc2n1CCC2.I. The van der Waals surface area contributed by atoms with Gasteiger partial charge in [0, 0.05) is 39.1 Å². The van der Waals surface area contributed by atoms with Crippen LogP contribution in [0.1, 0.15) is 50.7 Å². The smallest absolute Gasteiger partial charge is 0.191 e. The Bertz CT molecular complexity index is 557. The number of aryl methyl sites for hydroxylation is 1. The molecule has 7 nitrogen and oxygen atoms in total. The van der Waals surface area contributed by atoms with Crippen LogP contribution in [0, 0.1) is 0 Å². The molecule has 1 unspecified atom stereocenters. The van der Waals surface area contributed by atoms with E-state index in [1.165, 1.54) is 38.6 Å². The number of aliphatic imine (C=N–C) groups is 1. The standard InChI is InChI=1S/C17H31N7.HI/c1-3-14-7-4-5-10-23(14)12-9-19-17(18-2)20-13-16-22-21-15-8-6-11-24(15)16;/h14H,3-13H2,1-2H3,(H2,18,19,20);1H. The van der Waals surface area contributed by atoms with E-state index in [0.29, 0.717) is 6.54 Å². The van der Waals surface area contributed by atoms with E-state index in [0.717, 1.165) is 49.7 Å². The van der Waals surface area contributed by atoms with E-state index < -0.39 is 0 Å². The van der Waals surface area contributed by atoms with Gasteiger partial charge >= 0.3 is 0 Å². The fourth-order valence-corrected chi connectivity index (χ4v) is 3.86. The van der Waals surface area contributed by atoms with Gasteiger partial charge < -0.3 is 15.2 Å². The number of likely N-dealkylation sites (tertiary alicyclic amines) is 1. The van der Waals surface area contributed by atoms with Crippen molar-refractivity contribution in [3.05, 3.63) is 11.6 Å². The number of hydrogen-bond donors (Lipinski definition) is 2. The van der Waals surface area contributed by atoms with Gasteiger partial charge in [0.1, 0.15) is 5.82 Å². The normalized spacial score (nSPS) is 20.9. The van der Waals surface area contributed by atoms with E-state index in [2.05, 4.69) is 42.2 Å². The predicted octanol–water partition coefficient (Wildman–Crippen LogP) is 1.77. The average molecular weight is 461 g/mol. The van der Waals surface area contributed by atoms with Crippen molar-refractivity contribution in [2.45, 2.75) is 64.6 Å². The number of guanidine groups is 1. The molecule has 0 saturated carbocycles. The first kappa shape index (κ1) is 20.4. The lowest BCUT2D eigenvalue weighted by Gasteiger charge is -2.35. The first-order chi connectivity index (χ1) is 11.8. The summed E-state index contributed by atoms with van der Waals surface area (Å²) in [6.45, 7) is 7.26. The van der Waals surface area contributed by atoms with Crippen LogP contribution < -0.4 is 10.6 Å². The zero-order valence-corrected chi connectivity index (χ0v) is 17.8. The third kappa shape index (κ3) is 5.29. The number of nitrogens with one attached hydrogen (secondary N) is 2. The third-order valence-corrected chi connectivity index (χ3v) is 5.24. The van der Waals surface area contributed by atoms with Crippen LogP contribution >= 0.6 is 24.0 Å². The average Bonchev–Trinajstić information content (AvgIpc) is 3.22. The monoisotopic (exact) mass is 461 g/mol. The lowest BCUT2D eigenvalue weighted by Crippen LogP contribution is -2.45. The topological polar surface area (TPSA) is 70.4 Å². The van der Waals surface area contributed by atoms with Crippen molar-refractivity contribution in [1.29, 1.82) is 0 Å². The molecule has 1 atom stereocenters. The van der Waals surface area contributed by atoms with Crippen LogP contribution in [-0.2, 0) is 19.5 Å². The van der Waals surface area contributed by atoms with Crippen molar-refractivity contribution in [2.24, 2.45) is 4.99 Å². The van der Waals surface area contributed by atoms with Gasteiger partial charge in [0.05, 0.1) is 6.54 Å². The minimum absolute atomic E-state index is 0. The molecule has 8 heteroatoms. The molecule has 142 valence electrons. The molecule has 0 radical (unpaired) electrons. The minimum Gasteiger partial charge on any atom is -0.355 e. The highest BCUT2D eigenvalue weighted by atomic mass is 127. The largest absolute Gasteiger partial charge is 0.355 e. The first-order valence-electron chi connectivity index (χ1n) is 9.41. The Hall–Kier alpha value is -0.900. The Labute approximate surface area is 168 Å². The van der Waals surface area contributed by atoms with Gasteiger partial charge in [-0.2, -0.15) is 0 Å². The van der Waals surface area contributed by atoms with E-state index >= 15 is 0 Å². The highest BCUT2D eigenvalue weighted by Crippen LogP contribution is 2.18. The molecule has 1 saturated heterocycles. The number of nitrogens with zero attached hydrogens (tertiary/aromatic N) is 5. The maximum Gasteiger partial charge on any atom is 0.191 e. The molecule has 0 bridgehead atoms. The highest BCUT2D eigenvalue weighted by Gasteiger charge is 2.20. The molecule has 2 aliphatic rings. The highest BCUT2D eigenvalue weighted by molar-refractivity contribution is 14.0. The maximum absolute atomic E-state index is 4.32.